The molecule has 0 aromatic heterocycles. The van der Waals surface area contributed by atoms with Crippen LogP contribution in [0.2, 0.25) is 0 Å². The Bertz CT molecular complexity index is 481. The lowest BCUT2D eigenvalue weighted by molar-refractivity contribution is 0.521. The molecular weight excluding hydrogens is 272 g/mol. The highest BCUT2D eigenvalue weighted by Gasteiger charge is 2.16. The Balaban J connectivity index is 2.44. The summed E-state index contributed by atoms with van der Waals surface area (Å²) in [5, 5.41) is 3.32. The summed E-state index contributed by atoms with van der Waals surface area (Å²) in [6, 6.07) is 6.94. The number of anilines is 1. The molecule has 0 heterocycles. The van der Waals surface area contributed by atoms with Crippen molar-refractivity contribution in [3.05, 3.63) is 24.3 Å². The number of sulfonamides is 1. The van der Waals surface area contributed by atoms with Crippen molar-refractivity contribution < 1.29 is 8.42 Å². The van der Waals surface area contributed by atoms with E-state index in [1.54, 1.807) is 12.1 Å². The van der Waals surface area contributed by atoms with E-state index in [0.717, 1.165) is 18.7 Å². The van der Waals surface area contributed by atoms with Gasteiger partial charge in [0, 0.05) is 26.3 Å². The van der Waals surface area contributed by atoms with Crippen molar-refractivity contribution >= 4 is 15.7 Å². The summed E-state index contributed by atoms with van der Waals surface area (Å²) >= 11 is 0. The first-order valence-electron chi connectivity index (χ1n) is 7.25. The van der Waals surface area contributed by atoms with Gasteiger partial charge in [0.25, 0.3) is 0 Å². The number of unbranched alkanes of at least 4 members (excludes halogenated alkanes) is 4. The van der Waals surface area contributed by atoms with Crippen LogP contribution in [0.4, 0.5) is 5.69 Å². The third-order valence-corrected chi connectivity index (χ3v) is 5.07. The summed E-state index contributed by atoms with van der Waals surface area (Å²) in [5.41, 5.74) is 0.971. The first-order chi connectivity index (χ1) is 9.48. The molecule has 5 heteroatoms. The standard InChI is InChI=1S/C15H26N2O2S/c1-4-5-6-7-8-13-16-14-9-11-15(12-10-14)20(18,19)17(2)3/h9-12,16H,4-8,13H2,1-3H3. The lowest BCUT2D eigenvalue weighted by atomic mass is 10.1. The van der Waals surface area contributed by atoms with Gasteiger partial charge >= 0.3 is 0 Å². The van der Waals surface area contributed by atoms with Gasteiger partial charge in [-0.05, 0) is 30.7 Å². The van der Waals surface area contributed by atoms with E-state index in [1.807, 2.05) is 12.1 Å². The maximum absolute atomic E-state index is 11.9. The van der Waals surface area contributed by atoms with Crippen LogP contribution in [0.15, 0.2) is 29.2 Å². The quantitative estimate of drug-likeness (QED) is 0.712. The minimum atomic E-state index is -3.32. The van der Waals surface area contributed by atoms with E-state index in [4.69, 9.17) is 0 Å². The van der Waals surface area contributed by atoms with Gasteiger partial charge < -0.3 is 5.32 Å². The topological polar surface area (TPSA) is 49.4 Å². The van der Waals surface area contributed by atoms with E-state index in [1.165, 1.54) is 44.1 Å². The van der Waals surface area contributed by atoms with Crippen LogP contribution in [0.1, 0.15) is 39.0 Å². The molecule has 0 radical (unpaired) electrons. The molecule has 0 saturated carbocycles. The zero-order valence-corrected chi connectivity index (χ0v) is 13.5. The van der Waals surface area contributed by atoms with Crippen molar-refractivity contribution in [2.24, 2.45) is 0 Å². The van der Waals surface area contributed by atoms with Gasteiger partial charge in [0.1, 0.15) is 0 Å². The van der Waals surface area contributed by atoms with E-state index >= 15 is 0 Å². The second kappa shape index (κ2) is 8.27. The average molecular weight is 298 g/mol. The first kappa shape index (κ1) is 17.0. The van der Waals surface area contributed by atoms with Crippen LogP contribution in [0.5, 0.6) is 0 Å². The first-order valence-corrected chi connectivity index (χ1v) is 8.69. The molecule has 1 rings (SSSR count). The zero-order valence-electron chi connectivity index (χ0n) is 12.7. The summed E-state index contributed by atoms with van der Waals surface area (Å²) in [6.45, 7) is 3.14. The number of benzene rings is 1. The third-order valence-electron chi connectivity index (χ3n) is 3.24. The van der Waals surface area contributed by atoms with Gasteiger partial charge in [0.05, 0.1) is 4.90 Å². The fraction of sp³-hybridized carbons (Fsp3) is 0.600. The molecule has 1 aromatic rings. The fourth-order valence-electron chi connectivity index (χ4n) is 1.92. The van der Waals surface area contributed by atoms with Gasteiger partial charge in [-0.15, -0.1) is 0 Å². The highest BCUT2D eigenvalue weighted by molar-refractivity contribution is 7.89. The van der Waals surface area contributed by atoms with Crippen molar-refractivity contribution in [3.63, 3.8) is 0 Å². The zero-order chi connectivity index (χ0) is 15.0. The fourth-order valence-corrected chi connectivity index (χ4v) is 2.82. The van der Waals surface area contributed by atoms with Crippen LogP contribution in [0.25, 0.3) is 0 Å². The largest absolute Gasteiger partial charge is 0.385 e. The SMILES string of the molecule is CCCCCCCNc1ccc(S(=O)(=O)N(C)C)cc1. The molecule has 1 N–H and O–H groups in total. The van der Waals surface area contributed by atoms with Crippen LogP contribution in [-0.4, -0.2) is 33.4 Å². The molecule has 20 heavy (non-hydrogen) atoms. The van der Waals surface area contributed by atoms with Crippen LogP contribution < -0.4 is 5.32 Å². The lowest BCUT2D eigenvalue weighted by Gasteiger charge is -2.12. The summed E-state index contributed by atoms with van der Waals surface area (Å²) in [5.74, 6) is 0. The smallest absolute Gasteiger partial charge is 0.242 e. The molecule has 0 aliphatic heterocycles. The van der Waals surface area contributed by atoms with Gasteiger partial charge in [-0.1, -0.05) is 32.6 Å². The number of nitrogens with one attached hydrogen (secondary N) is 1. The number of rotatable bonds is 9. The maximum Gasteiger partial charge on any atom is 0.242 e. The molecule has 0 aliphatic carbocycles. The van der Waals surface area contributed by atoms with E-state index in [-0.39, 0.29) is 0 Å². The second-order valence-electron chi connectivity index (χ2n) is 5.15. The van der Waals surface area contributed by atoms with Crippen molar-refractivity contribution in [2.45, 2.75) is 43.9 Å². The molecule has 0 spiro atoms. The van der Waals surface area contributed by atoms with E-state index in [2.05, 4.69) is 12.2 Å². The van der Waals surface area contributed by atoms with Gasteiger partial charge in [0.2, 0.25) is 10.0 Å². The summed E-state index contributed by atoms with van der Waals surface area (Å²) in [4.78, 5) is 0.330. The molecule has 0 unspecified atom stereocenters. The summed E-state index contributed by atoms with van der Waals surface area (Å²) in [6.07, 6.45) is 6.25. The van der Waals surface area contributed by atoms with Crippen molar-refractivity contribution in [2.75, 3.05) is 26.0 Å². The number of nitrogens with zero attached hydrogens (tertiary/aromatic N) is 1. The van der Waals surface area contributed by atoms with Gasteiger partial charge in [-0.25, -0.2) is 12.7 Å². The Morgan fingerprint density at radius 1 is 1.00 bits per heavy atom. The minimum Gasteiger partial charge on any atom is -0.385 e. The summed E-state index contributed by atoms with van der Waals surface area (Å²) in [7, 11) is -0.245. The molecule has 0 aliphatic rings. The number of hydrogen-bond donors (Lipinski definition) is 1. The number of hydrogen-bond acceptors (Lipinski definition) is 3. The predicted molar refractivity (Wildman–Crippen MR) is 84.6 cm³/mol. The van der Waals surface area contributed by atoms with Crippen LogP contribution >= 0.6 is 0 Å². The predicted octanol–water partition coefficient (Wildman–Crippen LogP) is 3.32. The molecule has 0 saturated heterocycles. The molecule has 4 nitrogen and oxygen atoms in total. The second-order valence-corrected chi connectivity index (χ2v) is 7.30. The average Bonchev–Trinajstić information content (AvgIpc) is 2.43. The van der Waals surface area contributed by atoms with E-state index in [9.17, 15) is 8.42 Å². The lowest BCUT2D eigenvalue weighted by Crippen LogP contribution is -2.22. The molecule has 0 atom stereocenters. The molecular formula is C15H26N2O2S. The van der Waals surface area contributed by atoms with E-state index in [0.29, 0.717) is 4.90 Å². The van der Waals surface area contributed by atoms with Crippen molar-refractivity contribution in [1.82, 2.24) is 4.31 Å². The monoisotopic (exact) mass is 298 g/mol. The van der Waals surface area contributed by atoms with Gasteiger partial charge in [-0.2, -0.15) is 0 Å². The van der Waals surface area contributed by atoms with E-state index < -0.39 is 10.0 Å². The van der Waals surface area contributed by atoms with Crippen LogP contribution in [0, 0.1) is 0 Å². The summed E-state index contributed by atoms with van der Waals surface area (Å²) < 4.78 is 25.0. The van der Waals surface area contributed by atoms with Gasteiger partial charge in [0.15, 0.2) is 0 Å². The van der Waals surface area contributed by atoms with Crippen LogP contribution in [-0.2, 0) is 10.0 Å². The van der Waals surface area contributed by atoms with Crippen molar-refractivity contribution in [3.8, 4) is 0 Å². The molecule has 114 valence electrons. The minimum absolute atomic E-state index is 0.330. The molecule has 0 bridgehead atoms. The Kier molecular flexibility index (Phi) is 7.02. The maximum atomic E-state index is 11.9. The molecule has 1 aromatic carbocycles. The Hall–Kier alpha value is -1.07. The van der Waals surface area contributed by atoms with Crippen molar-refractivity contribution in [1.29, 1.82) is 0 Å². The highest BCUT2D eigenvalue weighted by atomic mass is 32.2. The van der Waals surface area contributed by atoms with Crippen LogP contribution in [0.3, 0.4) is 0 Å². The Morgan fingerprint density at radius 3 is 2.15 bits per heavy atom. The highest BCUT2D eigenvalue weighted by Crippen LogP contribution is 2.16. The molecule has 0 fully saturated rings. The third kappa shape index (κ3) is 5.13. The Morgan fingerprint density at radius 2 is 1.60 bits per heavy atom. The molecule has 0 amide bonds. The normalized spacial score (nSPS) is 11.8. The van der Waals surface area contributed by atoms with Gasteiger partial charge in [-0.3, -0.25) is 0 Å². The Labute approximate surface area is 123 Å².